The Balaban J connectivity index is 0.000000233. The summed E-state index contributed by atoms with van der Waals surface area (Å²) in [7, 11) is 0. The second kappa shape index (κ2) is 45.7. The van der Waals surface area contributed by atoms with Gasteiger partial charge >= 0.3 is 29.6 Å². The van der Waals surface area contributed by atoms with E-state index >= 15 is 0 Å². The first-order chi connectivity index (χ1) is 58.9. The number of pyridine rings is 1. The number of nitrogens with two attached hydrogens (primary N) is 2. The van der Waals surface area contributed by atoms with Gasteiger partial charge in [-0.25, -0.2) is 43.2 Å². The molecule has 6 fully saturated rings. The molecule has 13 rings (SSSR count). The molecule has 3 radical (unpaired) electrons. The Morgan fingerprint density at radius 2 is 0.874 bits per heavy atom. The molecular formula is C96H139N12O16V3-3. The minimum Gasteiger partial charge on any atom is -0.540 e. The van der Waals surface area contributed by atoms with E-state index in [1.54, 1.807) is 28.3 Å². The maximum absolute atomic E-state index is 14.2. The number of aryl methyl sites for hydroxylation is 2. The van der Waals surface area contributed by atoms with Crippen molar-refractivity contribution in [3.8, 4) is 17.5 Å². The van der Waals surface area contributed by atoms with Gasteiger partial charge in [0.1, 0.15) is 46.5 Å². The van der Waals surface area contributed by atoms with Gasteiger partial charge in [0, 0.05) is 92.4 Å². The van der Waals surface area contributed by atoms with Gasteiger partial charge in [-0.15, -0.1) is 0 Å². The molecule has 3 saturated heterocycles. The van der Waals surface area contributed by atoms with E-state index in [9.17, 15) is 47.9 Å². The summed E-state index contributed by atoms with van der Waals surface area (Å²) in [5.41, 5.74) is 10.2. The van der Waals surface area contributed by atoms with E-state index in [-0.39, 0.29) is 172 Å². The van der Waals surface area contributed by atoms with E-state index in [2.05, 4.69) is 58.8 Å². The van der Waals surface area contributed by atoms with Crippen molar-refractivity contribution in [2.45, 2.75) is 350 Å². The molecule has 4 aromatic rings. The van der Waals surface area contributed by atoms with Crippen LogP contribution in [0.2, 0.25) is 0 Å². The number of aromatic nitrogens is 7. The maximum Gasteiger partial charge on any atom is 0.353 e. The van der Waals surface area contributed by atoms with Crippen molar-refractivity contribution in [2.75, 3.05) is 19.6 Å². The molecule has 127 heavy (non-hydrogen) atoms. The molecule has 10 heterocycles. The number of imidazole rings is 1. The number of hydrogen-bond donors (Lipinski definition) is 2. The molecule has 3 aliphatic carbocycles. The van der Waals surface area contributed by atoms with Crippen LogP contribution in [0.4, 0.5) is 0 Å². The third-order valence-corrected chi connectivity index (χ3v) is 28.9. The van der Waals surface area contributed by atoms with Crippen LogP contribution in [-0.2, 0) is 132 Å². The average molecular weight is 1870 g/mol. The molecule has 18 atom stereocenters. The van der Waals surface area contributed by atoms with Crippen LogP contribution in [0, 0.1) is 69.5 Å². The Hall–Kier alpha value is -7.36. The summed E-state index contributed by atoms with van der Waals surface area (Å²) in [5.74, 6) is -1.76. The summed E-state index contributed by atoms with van der Waals surface area (Å²) in [6.45, 7) is 30.6. The van der Waals surface area contributed by atoms with E-state index in [1.165, 1.54) is 27.9 Å². The van der Waals surface area contributed by atoms with Gasteiger partial charge in [0.2, 0.25) is 17.7 Å². The van der Waals surface area contributed by atoms with Gasteiger partial charge < -0.3 is 73.4 Å². The van der Waals surface area contributed by atoms with Gasteiger partial charge in [0.05, 0.1) is 68.5 Å². The number of hydrogen-bond acceptors (Lipinski definition) is 23. The first-order valence-corrected chi connectivity index (χ1v) is 46.2. The second-order valence-corrected chi connectivity index (χ2v) is 40.3. The van der Waals surface area contributed by atoms with Gasteiger partial charge in [-0.3, -0.25) is 28.8 Å². The first kappa shape index (κ1) is 105. The molecular weight excluding hydrogens is 1730 g/mol. The van der Waals surface area contributed by atoms with Gasteiger partial charge in [-0.2, -0.15) is 9.97 Å². The Labute approximate surface area is 787 Å². The van der Waals surface area contributed by atoms with E-state index in [4.69, 9.17) is 44.9 Å². The molecule has 697 valence electrons. The minimum atomic E-state index is -0.863. The molecule has 0 unspecified atom stereocenters. The monoisotopic (exact) mass is 1870 g/mol. The minimum absolute atomic E-state index is 0. The van der Waals surface area contributed by atoms with Crippen molar-refractivity contribution < 1.29 is 127 Å². The molecule has 3 saturated carbocycles. The smallest absolute Gasteiger partial charge is 0.353 e. The first-order valence-electron chi connectivity index (χ1n) is 46.2. The normalized spacial score (nSPS) is 31.1. The number of carbonyl (C=O) groups excluding carboxylic acids is 9. The predicted octanol–water partition coefficient (Wildman–Crippen LogP) is 13.9. The molecule has 3 amide bonds. The van der Waals surface area contributed by atoms with Crippen LogP contribution in [0.1, 0.15) is 300 Å². The number of esters is 3. The van der Waals surface area contributed by atoms with Crippen LogP contribution >= 0.6 is 0 Å². The Kier molecular flexibility index (Phi) is 37.7. The van der Waals surface area contributed by atoms with Crippen LogP contribution in [-0.4, -0.2) is 176 Å². The number of carbonyl (C=O) groups is 6. The third-order valence-electron chi connectivity index (χ3n) is 28.9. The Morgan fingerprint density at radius 3 is 1.28 bits per heavy atom. The van der Waals surface area contributed by atoms with Crippen molar-refractivity contribution in [3.63, 3.8) is 0 Å². The Morgan fingerprint density at radius 1 is 0.480 bits per heavy atom. The fourth-order valence-electron chi connectivity index (χ4n) is 21.3. The zero-order valence-corrected chi connectivity index (χ0v) is 81.9. The molecule has 6 aliphatic heterocycles. The van der Waals surface area contributed by atoms with Gasteiger partial charge in [-0.05, 0) is 206 Å². The molecule has 0 spiro atoms. The number of ether oxygens (including phenoxy) is 6. The molecule has 4 aromatic heterocycles. The van der Waals surface area contributed by atoms with Crippen molar-refractivity contribution in [2.24, 2.45) is 81.0 Å². The van der Waals surface area contributed by atoms with Crippen LogP contribution in [0.15, 0.2) is 48.0 Å². The second-order valence-electron chi connectivity index (χ2n) is 40.3. The molecule has 0 aromatic carbocycles. The Bertz CT molecular complexity index is 4540. The standard InChI is InChI=1S/C33H46N3O5.C32H47N4O5.C31H46N5O6.3V/c1-6-24-26(21-37)36-20-28(24)40-27-18-29-34-15-16-35(29)19-22(27)11-8-7-9-12-23-13-10-14-33(23,5)41-30(38)17-25(31(36)39)32(2,3)4;1-6-22-25(20-37)36-19-27(22)40-26-18-34-28(14-16-33)35-24(26)13-9-7-8-11-21-12-10-15-32(21,5)41-29(38)17-23(30(36)39)31(2,3)4;1-6-21-23(19-37)36-18-24(21)41-29-34-25(13-15-32)33-28(40)35(29)16-9-7-8-11-20-12-10-14-31(20,5)42-26(38)17-22(27(36)39)30(2,3)4;;;/h15-16,18-19,23-26,28H,6-14,17,20H2,1-5H3;14,16,18,21-23,25,27H,6-13,15,17,19,33H2,1-5H3;13,15,20-24H,6-12,14,16-18,32H2,1-5H3;;;/q3*-1;;;/t23-,24+,25-,26-,28+,33-;21-,22+,23-,25-,27+,32-;20-,21+,22-,23-,24+,31-;;;/m111.../s1. The fraction of sp³-hybridized carbons (Fsp3) is 0.719. The summed E-state index contributed by atoms with van der Waals surface area (Å²) >= 11 is 0. The molecule has 9 aliphatic rings. The van der Waals surface area contributed by atoms with E-state index < -0.39 is 86.8 Å². The third kappa shape index (κ3) is 25.1. The van der Waals surface area contributed by atoms with Crippen molar-refractivity contribution >= 4 is 72.3 Å². The summed E-state index contributed by atoms with van der Waals surface area (Å²) in [5, 5.41) is 0. The summed E-state index contributed by atoms with van der Waals surface area (Å²) in [4.78, 5) is 160. The molecule has 31 heteroatoms. The van der Waals surface area contributed by atoms with Crippen LogP contribution in [0.3, 0.4) is 0 Å². The predicted molar refractivity (Wildman–Crippen MR) is 469 cm³/mol. The van der Waals surface area contributed by atoms with Crippen LogP contribution < -0.4 is 31.4 Å². The fourth-order valence-corrected chi connectivity index (χ4v) is 21.3. The molecule has 4 N–H and O–H groups in total. The topological polar surface area (TPSA) is 362 Å². The average Bonchev–Trinajstić information content (AvgIpc) is 1.64. The zero-order valence-electron chi connectivity index (χ0n) is 77.7. The van der Waals surface area contributed by atoms with Crippen molar-refractivity contribution in [1.29, 1.82) is 0 Å². The van der Waals surface area contributed by atoms with E-state index in [1.807, 2.05) is 107 Å². The summed E-state index contributed by atoms with van der Waals surface area (Å²) < 4.78 is 41.6. The van der Waals surface area contributed by atoms with Crippen LogP contribution in [0.25, 0.3) is 17.8 Å². The van der Waals surface area contributed by atoms with E-state index in [0.717, 1.165) is 157 Å². The quantitative estimate of drug-likeness (QED) is 0.0940. The van der Waals surface area contributed by atoms with E-state index in [0.29, 0.717) is 62.1 Å². The molecule has 28 nitrogen and oxygen atoms in total. The van der Waals surface area contributed by atoms with Crippen molar-refractivity contribution in [3.05, 3.63) is 76.6 Å². The van der Waals surface area contributed by atoms with Crippen LogP contribution in [0.5, 0.6) is 17.5 Å². The summed E-state index contributed by atoms with van der Waals surface area (Å²) in [6.07, 6.45) is 41.7. The number of fused-ring (bicyclic) bond motifs is 13. The largest absolute Gasteiger partial charge is 0.540 e. The maximum atomic E-state index is 14.2. The van der Waals surface area contributed by atoms with Crippen molar-refractivity contribution in [1.82, 2.24) is 48.6 Å². The SMILES string of the molecule is CC[C@@H]1[C@@H]2CN(C(=O)[C@H](C(C)(C)C)CC(=O)O[C@]3(C)CCC[C@H]3CCCCCc3cn4ccnc4cc3O2)[C@@H]1[C-]=O.CC[C@@H]1[C@@H]2CN(C(=O)[C@H](C(C)(C)C)CC(=O)O[C@]3(C)CCC[C@H]3CCCCCc3nc(C=CN)ncc3O2)[C@@H]1[C-]=O.CC[C@@H]1[C@@H]2CN(C(=O)[C@H](C(C)(C)C)CC(=O)O[C@]3(C)CCC[C@H]3CCCCCn3c(nc(C=CN)nc3=O)O2)[C@@H]1[C-]=O.[V].[V].[V]. The number of amides is 3. The van der Waals surface area contributed by atoms with Gasteiger partial charge in [0.25, 0.3) is 0 Å². The number of nitrogens with zero attached hydrogens (tertiary/aromatic N) is 10. The zero-order chi connectivity index (χ0) is 89.8. The molecule has 6 bridgehead atoms. The number of rotatable bonds is 8. The summed E-state index contributed by atoms with van der Waals surface area (Å²) in [6, 6.07) is -0.289. The van der Waals surface area contributed by atoms with Gasteiger partial charge in [0.15, 0.2) is 17.4 Å². The van der Waals surface area contributed by atoms with Gasteiger partial charge in [-0.1, -0.05) is 159 Å².